The van der Waals surface area contributed by atoms with E-state index in [1.165, 1.54) is 39.5 Å². The number of ether oxygens (including phenoxy) is 5. The highest BCUT2D eigenvalue weighted by Gasteiger charge is 2.23. The van der Waals surface area contributed by atoms with Gasteiger partial charge in [0.15, 0.2) is 17.2 Å². The molecule has 0 aliphatic carbocycles. The molecule has 0 saturated carbocycles. The van der Waals surface area contributed by atoms with Gasteiger partial charge >= 0.3 is 11.9 Å². The molecule has 0 unspecified atom stereocenters. The van der Waals surface area contributed by atoms with E-state index in [0.29, 0.717) is 27.3 Å². The number of halogens is 1. The Morgan fingerprint density at radius 3 is 2.24 bits per heavy atom. The minimum atomic E-state index is -0.662. The minimum Gasteiger partial charge on any atom is -0.493 e. The van der Waals surface area contributed by atoms with E-state index in [1.807, 2.05) is 30.3 Å². The topological polar surface area (TPSA) is 92.7 Å². The number of rotatable bonds is 8. The van der Waals surface area contributed by atoms with Crippen molar-refractivity contribution in [2.45, 2.75) is 0 Å². The number of carbonyl (C=O) groups excluding carboxylic acids is 2. The van der Waals surface area contributed by atoms with Crippen LogP contribution in [0.5, 0.6) is 23.0 Å². The van der Waals surface area contributed by atoms with Crippen LogP contribution in [0, 0.1) is 0 Å². The number of carbonyl (C=O) groups is 2. The zero-order valence-corrected chi connectivity index (χ0v) is 21.8. The number of methoxy groups -OCH3 is 3. The van der Waals surface area contributed by atoms with E-state index < -0.39 is 11.9 Å². The highest BCUT2D eigenvalue weighted by Crippen LogP contribution is 2.38. The molecule has 0 spiro atoms. The standard InChI is InChI=1S/C28H22BrNO7/c1-33-23-15-19(16-24(34-2)26(23)35-3)27(31)36-22-11-10-20(29)13-18(22)14-21-28(32)37-25(30-21)12-9-17-7-5-4-6-8-17/h4-16H,1-3H3/b12-9+,21-14+. The largest absolute Gasteiger partial charge is 0.493 e. The maximum absolute atomic E-state index is 13.0. The number of hydrogen-bond donors (Lipinski definition) is 0. The fraction of sp³-hybridized carbons (Fsp3) is 0.107. The zero-order valence-electron chi connectivity index (χ0n) is 20.2. The molecule has 3 aromatic carbocycles. The fourth-order valence-electron chi connectivity index (χ4n) is 3.46. The van der Waals surface area contributed by atoms with Crippen molar-refractivity contribution < 1.29 is 33.3 Å². The Kier molecular flexibility index (Phi) is 8.05. The van der Waals surface area contributed by atoms with Crippen molar-refractivity contribution in [3.05, 3.63) is 93.6 Å². The van der Waals surface area contributed by atoms with Gasteiger partial charge in [-0.3, -0.25) is 0 Å². The summed E-state index contributed by atoms with van der Waals surface area (Å²) < 4.78 is 27.6. The van der Waals surface area contributed by atoms with Gasteiger partial charge in [0.1, 0.15) is 5.75 Å². The molecule has 37 heavy (non-hydrogen) atoms. The van der Waals surface area contributed by atoms with Gasteiger partial charge in [-0.2, -0.15) is 0 Å². The number of esters is 2. The fourth-order valence-corrected chi connectivity index (χ4v) is 3.84. The van der Waals surface area contributed by atoms with Crippen LogP contribution >= 0.6 is 15.9 Å². The molecule has 0 amide bonds. The van der Waals surface area contributed by atoms with Crippen molar-refractivity contribution in [2.75, 3.05) is 21.3 Å². The lowest BCUT2D eigenvalue weighted by molar-refractivity contribution is -0.129. The van der Waals surface area contributed by atoms with Crippen LogP contribution in [0.3, 0.4) is 0 Å². The number of cyclic esters (lactones) is 1. The molecule has 3 aromatic rings. The van der Waals surface area contributed by atoms with E-state index in [4.69, 9.17) is 23.7 Å². The number of nitrogens with zero attached hydrogens (tertiary/aromatic N) is 1. The van der Waals surface area contributed by atoms with Gasteiger partial charge in [-0.15, -0.1) is 0 Å². The normalized spacial score (nSPS) is 13.9. The molecule has 0 radical (unpaired) electrons. The van der Waals surface area contributed by atoms with Crippen LogP contribution in [0.15, 0.2) is 81.9 Å². The molecular formula is C28H22BrNO7. The third kappa shape index (κ3) is 6.07. The van der Waals surface area contributed by atoms with Gasteiger partial charge in [0.25, 0.3) is 0 Å². The molecule has 0 atom stereocenters. The van der Waals surface area contributed by atoms with Crippen LogP contribution < -0.4 is 18.9 Å². The molecule has 1 aliphatic rings. The Balaban J connectivity index is 1.62. The van der Waals surface area contributed by atoms with Gasteiger partial charge in [0.2, 0.25) is 11.6 Å². The van der Waals surface area contributed by atoms with Gasteiger partial charge in [0, 0.05) is 16.1 Å². The third-order valence-electron chi connectivity index (χ3n) is 5.22. The molecule has 0 bridgehead atoms. The Morgan fingerprint density at radius 2 is 1.59 bits per heavy atom. The number of benzene rings is 3. The molecule has 188 valence electrons. The van der Waals surface area contributed by atoms with Crippen LogP contribution in [0.4, 0.5) is 0 Å². The summed E-state index contributed by atoms with van der Waals surface area (Å²) in [5.41, 5.74) is 1.63. The molecular weight excluding hydrogens is 542 g/mol. The van der Waals surface area contributed by atoms with Crippen LogP contribution in [-0.2, 0) is 9.53 Å². The van der Waals surface area contributed by atoms with Crippen LogP contribution in [0.1, 0.15) is 21.5 Å². The van der Waals surface area contributed by atoms with E-state index in [0.717, 1.165) is 5.56 Å². The third-order valence-corrected chi connectivity index (χ3v) is 5.72. The van der Waals surface area contributed by atoms with Crippen molar-refractivity contribution in [1.82, 2.24) is 0 Å². The Hall–Kier alpha value is -4.37. The second kappa shape index (κ2) is 11.6. The highest BCUT2D eigenvalue weighted by atomic mass is 79.9. The maximum Gasteiger partial charge on any atom is 0.363 e. The predicted octanol–water partition coefficient (Wildman–Crippen LogP) is 5.70. The minimum absolute atomic E-state index is 0.0656. The number of hydrogen-bond acceptors (Lipinski definition) is 8. The van der Waals surface area contributed by atoms with Crippen LogP contribution in [0.2, 0.25) is 0 Å². The van der Waals surface area contributed by atoms with Crippen LogP contribution in [-0.4, -0.2) is 39.2 Å². The first-order valence-electron chi connectivity index (χ1n) is 11.0. The van der Waals surface area contributed by atoms with E-state index >= 15 is 0 Å². The Labute approximate surface area is 221 Å². The first-order chi connectivity index (χ1) is 17.9. The van der Waals surface area contributed by atoms with E-state index in [-0.39, 0.29) is 22.9 Å². The molecule has 1 heterocycles. The SMILES string of the molecule is COc1cc(C(=O)Oc2ccc(Br)cc2/C=C2N=C(/C=C/c3ccccc3)OC/2=O)cc(OC)c1OC. The average Bonchev–Trinajstić information content (AvgIpc) is 3.27. The summed E-state index contributed by atoms with van der Waals surface area (Å²) in [6.45, 7) is 0. The maximum atomic E-state index is 13.0. The summed E-state index contributed by atoms with van der Waals surface area (Å²) in [5, 5.41) is 0. The molecule has 0 aromatic heterocycles. The van der Waals surface area contributed by atoms with Gasteiger partial charge < -0.3 is 23.7 Å². The van der Waals surface area contributed by atoms with Gasteiger partial charge in [-0.25, -0.2) is 14.6 Å². The van der Waals surface area contributed by atoms with Gasteiger partial charge in [-0.1, -0.05) is 46.3 Å². The van der Waals surface area contributed by atoms with E-state index in [2.05, 4.69) is 20.9 Å². The summed E-state index contributed by atoms with van der Waals surface area (Å²) in [4.78, 5) is 29.7. The van der Waals surface area contributed by atoms with Crippen molar-refractivity contribution >= 4 is 45.9 Å². The molecule has 0 fully saturated rings. The predicted molar refractivity (Wildman–Crippen MR) is 142 cm³/mol. The summed E-state index contributed by atoms with van der Waals surface area (Å²) in [5.74, 6) is 0.0686. The lowest BCUT2D eigenvalue weighted by Crippen LogP contribution is -2.10. The van der Waals surface area contributed by atoms with Crippen molar-refractivity contribution in [3.8, 4) is 23.0 Å². The average molecular weight is 564 g/mol. The molecule has 9 heteroatoms. The van der Waals surface area contributed by atoms with Crippen molar-refractivity contribution in [2.24, 2.45) is 4.99 Å². The lowest BCUT2D eigenvalue weighted by atomic mass is 10.1. The Bertz CT molecular complexity index is 1400. The molecule has 0 saturated heterocycles. The van der Waals surface area contributed by atoms with Gasteiger partial charge in [0.05, 0.1) is 26.9 Å². The quantitative estimate of drug-likeness (QED) is 0.197. The molecule has 0 N–H and O–H groups in total. The second-order valence-electron chi connectivity index (χ2n) is 7.60. The Morgan fingerprint density at radius 1 is 0.892 bits per heavy atom. The second-order valence-corrected chi connectivity index (χ2v) is 8.51. The monoisotopic (exact) mass is 563 g/mol. The lowest BCUT2D eigenvalue weighted by Gasteiger charge is -2.14. The summed E-state index contributed by atoms with van der Waals surface area (Å²) >= 11 is 3.41. The first-order valence-corrected chi connectivity index (χ1v) is 11.8. The first kappa shape index (κ1) is 25.7. The van der Waals surface area contributed by atoms with E-state index in [1.54, 1.807) is 30.4 Å². The van der Waals surface area contributed by atoms with Gasteiger partial charge in [-0.05, 0) is 48.0 Å². The van der Waals surface area contributed by atoms with Crippen molar-refractivity contribution in [3.63, 3.8) is 0 Å². The van der Waals surface area contributed by atoms with E-state index in [9.17, 15) is 9.59 Å². The smallest absolute Gasteiger partial charge is 0.363 e. The molecule has 4 rings (SSSR count). The van der Waals surface area contributed by atoms with Crippen molar-refractivity contribution in [1.29, 1.82) is 0 Å². The van der Waals surface area contributed by atoms with Crippen LogP contribution in [0.25, 0.3) is 12.2 Å². The molecule has 1 aliphatic heterocycles. The molecule has 8 nitrogen and oxygen atoms in total. The highest BCUT2D eigenvalue weighted by molar-refractivity contribution is 9.10. The zero-order chi connectivity index (χ0) is 26.4. The summed E-state index contributed by atoms with van der Waals surface area (Å²) in [6, 6.07) is 17.6. The summed E-state index contributed by atoms with van der Waals surface area (Å²) in [6.07, 6.45) is 4.90. The summed E-state index contributed by atoms with van der Waals surface area (Å²) in [7, 11) is 4.38. The number of aliphatic imine (C=N–C) groups is 1.